The van der Waals surface area contributed by atoms with Crippen LogP contribution in [-0.2, 0) is 25.1 Å². The number of aromatic nitrogens is 5. The monoisotopic (exact) mass is 551 g/mol. The van der Waals surface area contributed by atoms with Gasteiger partial charge in [-0.3, -0.25) is 4.57 Å². The van der Waals surface area contributed by atoms with Crippen molar-refractivity contribution in [3.05, 3.63) is 53.1 Å². The quantitative estimate of drug-likeness (QED) is 0.370. The second kappa shape index (κ2) is 11.7. The van der Waals surface area contributed by atoms with E-state index < -0.39 is 26.9 Å². The minimum atomic E-state index is -3.84. The highest BCUT2D eigenvalue weighted by Gasteiger charge is 2.36. The number of hydrogen-bond acceptors (Lipinski definition) is 10. The zero-order valence-electron chi connectivity index (χ0n) is 21.1. The number of nitrogens with zero attached hydrogens (tertiary/aromatic N) is 5. The van der Waals surface area contributed by atoms with Gasteiger partial charge in [0.2, 0.25) is 0 Å². The Morgan fingerprint density at radius 3 is 2.27 bits per heavy atom. The summed E-state index contributed by atoms with van der Waals surface area (Å²) >= 11 is 5.90. The molecule has 3 heterocycles. The van der Waals surface area contributed by atoms with E-state index in [2.05, 4.69) is 20.2 Å². The van der Waals surface area contributed by atoms with E-state index in [0.29, 0.717) is 41.2 Å². The number of rotatable bonds is 10. The second-order valence-corrected chi connectivity index (χ2v) is 11.4. The summed E-state index contributed by atoms with van der Waals surface area (Å²) in [6.45, 7) is 2.73. The molecule has 13 heteroatoms. The Kier molecular flexibility index (Phi) is 8.63. The minimum Gasteiger partial charge on any atom is -0.494 e. The van der Waals surface area contributed by atoms with Gasteiger partial charge in [-0.2, -0.15) is 0 Å². The van der Waals surface area contributed by atoms with Gasteiger partial charge in [-0.25, -0.2) is 18.4 Å². The van der Waals surface area contributed by atoms with Crippen molar-refractivity contribution in [1.29, 1.82) is 0 Å². The predicted octanol–water partition coefficient (Wildman–Crippen LogP) is 3.31. The van der Waals surface area contributed by atoms with Crippen LogP contribution < -0.4 is 9.47 Å². The van der Waals surface area contributed by atoms with Crippen molar-refractivity contribution in [2.75, 3.05) is 34.5 Å². The summed E-state index contributed by atoms with van der Waals surface area (Å²) in [5, 5.41) is 8.15. The molecule has 0 unspecified atom stereocenters. The van der Waals surface area contributed by atoms with Crippen LogP contribution in [0.4, 0.5) is 0 Å². The minimum absolute atomic E-state index is 0.0268. The van der Waals surface area contributed by atoms with E-state index in [-0.39, 0.29) is 17.6 Å². The molecule has 3 aromatic rings. The maximum atomic E-state index is 13.7. The smallest absolute Gasteiger partial charge is 0.163 e. The second-order valence-electron chi connectivity index (χ2n) is 8.64. The highest BCUT2D eigenvalue weighted by atomic mass is 35.5. The van der Waals surface area contributed by atoms with Crippen molar-refractivity contribution >= 4 is 21.4 Å². The third kappa shape index (κ3) is 5.71. The van der Waals surface area contributed by atoms with E-state index >= 15 is 0 Å². The highest BCUT2D eigenvalue weighted by molar-refractivity contribution is 7.91. The number of benzene rings is 1. The van der Waals surface area contributed by atoms with Crippen LogP contribution in [0.25, 0.3) is 5.69 Å². The third-order valence-corrected chi connectivity index (χ3v) is 8.67. The fraction of sp³-hybridized carbons (Fsp3) is 0.500. The molecule has 200 valence electrons. The van der Waals surface area contributed by atoms with Gasteiger partial charge in [0, 0.05) is 38.6 Å². The van der Waals surface area contributed by atoms with Crippen LogP contribution in [0, 0.1) is 0 Å². The fourth-order valence-corrected chi connectivity index (χ4v) is 5.93. The summed E-state index contributed by atoms with van der Waals surface area (Å²) in [7, 11) is 0.672. The zero-order valence-corrected chi connectivity index (χ0v) is 22.7. The molecule has 4 rings (SSSR count). The average Bonchev–Trinajstić information content (AvgIpc) is 3.32. The van der Waals surface area contributed by atoms with Gasteiger partial charge in [-0.1, -0.05) is 17.7 Å². The van der Waals surface area contributed by atoms with Gasteiger partial charge in [0.05, 0.1) is 24.5 Å². The van der Waals surface area contributed by atoms with Crippen molar-refractivity contribution < 1.29 is 27.4 Å². The van der Waals surface area contributed by atoms with Crippen LogP contribution in [0.5, 0.6) is 11.5 Å². The van der Waals surface area contributed by atoms with Crippen LogP contribution in [0.3, 0.4) is 0 Å². The molecule has 0 saturated carbocycles. The number of methoxy groups -OCH3 is 3. The van der Waals surface area contributed by atoms with E-state index in [1.807, 2.05) is 0 Å². The number of ether oxygens (including phenoxy) is 4. The maximum Gasteiger partial charge on any atom is 0.163 e. The Bertz CT molecular complexity index is 1290. The first-order chi connectivity index (χ1) is 17.8. The van der Waals surface area contributed by atoms with Crippen molar-refractivity contribution in [2.24, 2.45) is 0 Å². The number of sulfone groups is 1. The number of hydrogen-bond donors (Lipinski definition) is 0. The number of halogens is 1. The standard InChI is InChI=1S/C24H30ClN5O6S/c1-15(22(35-4)23-26-12-17(25)13-27-23)37(31,32)14-20-28-29-24(16-8-10-36-11-9-16)30(20)21-18(33-2)6-5-7-19(21)34-3/h5-7,12-13,15-16,22H,8-11,14H2,1-4H3/t15-,22-/m0/s1. The van der Waals surface area contributed by atoms with E-state index in [1.165, 1.54) is 19.5 Å². The lowest BCUT2D eigenvalue weighted by Crippen LogP contribution is -2.30. The lowest BCUT2D eigenvalue weighted by Gasteiger charge is -2.24. The summed E-state index contributed by atoms with van der Waals surface area (Å²) in [6, 6.07) is 5.37. The van der Waals surface area contributed by atoms with Crippen molar-refractivity contribution in [3.63, 3.8) is 0 Å². The molecule has 0 amide bonds. The van der Waals surface area contributed by atoms with Gasteiger partial charge in [0.1, 0.15) is 34.9 Å². The average molecular weight is 552 g/mol. The first kappa shape index (κ1) is 27.2. The van der Waals surface area contributed by atoms with Crippen LogP contribution >= 0.6 is 11.6 Å². The molecule has 0 radical (unpaired) electrons. The molecule has 1 fully saturated rings. The van der Waals surface area contributed by atoms with Crippen LogP contribution in [0.2, 0.25) is 5.02 Å². The molecule has 0 bridgehead atoms. The molecule has 1 aliphatic rings. The molecular weight excluding hydrogens is 522 g/mol. The summed E-state index contributed by atoms with van der Waals surface area (Å²) in [6.07, 6.45) is 3.37. The van der Waals surface area contributed by atoms with Gasteiger partial charge in [0.25, 0.3) is 0 Å². The topological polar surface area (TPSA) is 128 Å². The van der Waals surface area contributed by atoms with Crippen molar-refractivity contribution in [1.82, 2.24) is 24.7 Å². The molecular formula is C24H30ClN5O6S. The molecule has 0 N–H and O–H groups in total. The van der Waals surface area contributed by atoms with Gasteiger partial charge in [0.15, 0.2) is 21.5 Å². The Balaban J connectivity index is 1.78. The summed E-state index contributed by atoms with van der Waals surface area (Å²) < 4.78 is 51.4. The lowest BCUT2D eigenvalue weighted by molar-refractivity contribution is 0.0831. The van der Waals surface area contributed by atoms with Crippen LogP contribution in [-0.4, -0.2) is 72.9 Å². The number of para-hydroxylation sites is 1. The predicted molar refractivity (Wildman–Crippen MR) is 136 cm³/mol. The summed E-state index contributed by atoms with van der Waals surface area (Å²) in [5.74, 6) is 1.72. The van der Waals surface area contributed by atoms with Gasteiger partial charge >= 0.3 is 0 Å². The normalized spacial score (nSPS) is 16.4. The largest absolute Gasteiger partial charge is 0.494 e. The molecule has 0 spiro atoms. The van der Waals surface area contributed by atoms with Crippen molar-refractivity contribution in [2.45, 2.75) is 42.8 Å². The van der Waals surface area contributed by atoms with E-state index in [1.54, 1.807) is 43.9 Å². The first-order valence-electron chi connectivity index (χ1n) is 11.8. The Morgan fingerprint density at radius 1 is 1.08 bits per heavy atom. The molecule has 1 aliphatic heterocycles. The van der Waals surface area contributed by atoms with Crippen molar-refractivity contribution in [3.8, 4) is 17.2 Å². The van der Waals surface area contributed by atoms with Gasteiger partial charge < -0.3 is 18.9 Å². The van der Waals surface area contributed by atoms with E-state index in [0.717, 1.165) is 12.8 Å². The Labute approximate surface area is 221 Å². The first-order valence-corrected chi connectivity index (χ1v) is 13.8. The van der Waals surface area contributed by atoms with Crippen LogP contribution in [0.1, 0.15) is 49.3 Å². The summed E-state index contributed by atoms with van der Waals surface area (Å²) in [4.78, 5) is 8.31. The Morgan fingerprint density at radius 2 is 1.70 bits per heavy atom. The van der Waals surface area contributed by atoms with Crippen LogP contribution in [0.15, 0.2) is 30.6 Å². The highest BCUT2D eigenvalue weighted by Crippen LogP contribution is 2.38. The van der Waals surface area contributed by atoms with Gasteiger partial charge in [-0.05, 0) is 31.9 Å². The SMILES string of the molecule is COc1cccc(OC)c1-n1c(CS(=O)(=O)[C@@H](C)[C@H](OC)c2ncc(Cl)cn2)nnc1C1CCOCC1. The molecule has 1 saturated heterocycles. The van der Waals surface area contributed by atoms with Gasteiger partial charge in [-0.15, -0.1) is 10.2 Å². The molecule has 37 heavy (non-hydrogen) atoms. The summed E-state index contributed by atoms with van der Waals surface area (Å²) in [5.41, 5.74) is 0.543. The molecule has 2 atom stereocenters. The van der Waals surface area contributed by atoms with E-state index in [9.17, 15) is 8.42 Å². The zero-order chi connectivity index (χ0) is 26.6. The molecule has 0 aliphatic carbocycles. The lowest BCUT2D eigenvalue weighted by atomic mass is 9.99. The van der Waals surface area contributed by atoms with E-state index in [4.69, 9.17) is 30.5 Å². The molecule has 11 nitrogen and oxygen atoms in total. The Hall–Kier alpha value is -2.80. The molecule has 2 aromatic heterocycles. The maximum absolute atomic E-state index is 13.7. The molecule has 1 aromatic carbocycles. The third-order valence-electron chi connectivity index (χ3n) is 6.44. The fourth-order valence-electron chi connectivity index (χ4n) is 4.42.